The number of aliphatic hydroxyl groups excluding tert-OH is 1. The minimum atomic E-state index is -5.63. The highest BCUT2D eigenvalue weighted by Gasteiger charge is 2.48. The number of aromatic nitrogens is 2. The van der Waals surface area contributed by atoms with E-state index in [1.165, 1.54) is 12.1 Å². The SMILES string of the molecule is CCCC1Cc2cc(C(=O)NCc3cccc(N)n3)ccc2O1.CCCC1Cc2cc(C(O)O)ccc2O1.CCCC1Cc2cc(O)ccc2O1.CCCC1Cc2cc(OS(=O)(=O)C(F)(F)F)ccc2O1.Nc1cccc(CNC(=O)c2ccc3c(c2)CC(CCC(=O)O)O3)n1. The lowest BCUT2D eigenvalue weighted by Crippen LogP contribution is -2.28. The molecule has 12 rings (SSSR count). The predicted molar refractivity (Wildman–Crippen MR) is 353 cm³/mol. The third kappa shape index (κ3) is 20.8. The molecule has 5 aliphatic heterocycles. The summed E-state index contributed by atoms with van der Waals surface area (Å²) in [4.78, 5) is 43.6. The number of phenolic OH excluding ortho intramolecular Hbond substituents is 1. The number of alkyl halides is 3. The summed E-state index contributed by atoms with van der Waals surface area (Å²) in [5.74, 6) is 3.67. The summed E-state index contributed by atoms with van der Waals surface area (Å²) in [5.41, 5.74) is 13.9. The van der Waals surface area contributed by atoms with Crippen molar-refractivity contribution in [2.45, 2.75) is 179 Å². The van der Waals surface area contributed by atoms with Crippen molar-refractivity contribution >= 4 is 39.5 Å². The molecule has 2 aromatic heterocycles. The molecule has 21 nitrogen and oxygen atoms in total. The van der Waals surface area contributed by atoms with Gasteiger partial charge in [-0.15, -0.1) is 0 Å². The molecule has 2 amide bonds. The summed E-state index contributed by atoms with van der Waals surface area (Å²) in [6.45, 7) is 9.08. The van der Waals surface area contributed by atoms with Crippen LogP contribution in [0.2, 0.25) is 0 Å². The summed E-state index contributed by atoms with van der Waals surface area (Å²) < 4.78 is 91.1. The standard InChI is InChI=1S/C18H19N3O4.C18H21N3O2.C12H13F3O4S.C12H16O3.C11H14O2/c19-16-3-1-2-13(21-16)10-20-18(24)11-4-6-15-12(8-11)9-14(25-15)5-7-17(22)23;1-2-4-15-10-13-9-12(7-8-16(13)23-15)18(22)20-11-14-5-3-6-17(19)21-14;1-2-3-9-6-8-7-10(4-5-11(8)18-9)19-20(16,17)12(13,14)15;1-2-3-10-7-9-6-8(12(13)14)4-5-11(9)15-10;1-2-3-10-7-8-6-9(12)4-5-11(8)13-10/h1-4,6,8,14H,5,7,9-10H2,(H2,19,21)(H,20,24)(H,22,23);3,5-9,15H,2,4,10-11H2,1H3,(H2,19,21)(H,20,22);4-5,7,9H,2-3,6H2,1H3;4-6,10,12-14H,2-3,7H2,1H3;4-6,10,12H,2-3,7H2,1H3. The smallest absolute Gasteiger partial charge is 0.508 e. The van der Waals surface area contributed by atoms with Gasteiger partial charge in [0.1, 0.15) is 82.4 Å². The van der Waals surface area contributed by atoms with Crippen LogP contribution in [0.25, 0.3) is 0 Å². The normalized spacial score (nSPS) is 17.2. The maximum Gasteiger partial charge on any atom is 0.534 e. The van der Waals surface area contributed by atoms with Crippen molar-refractivity contribution in [1.82, 2.24) is 20.6 Å². The average molecular weight is 1350 g/mol. The number of nitrogens with two attached hydrogens (primary N) is 2. The van der Waals surface area contributed by atoms with Crippen LogP contribution in [-0.2, 0) is 60.1 Å². The molecule has 96 heavy (non-hydrogen) atoms. The summed E-state index contributed by atoms with van der Waals surface area (Å²) in [5, 5.41) is 41.8. The fourth-order valence-corrected chi connectivity index (χ4v) is 11.8. The highest BCUT2D eigenvalue weighted by molar-refractivity contribution is 7.88. The Kier molecular flexibility index (Phi) is 25.6. The topological polar surface area (TPSA) is 324 Å². The molecule has 0 aliphatic carbocycles. The first-order valence-electron chi connectivity index (χ1n) is 32.1. The van der Waals surface area contributed by atoms with Crippen LogP contribution in [0.1, 0.15) is 164 Å². The van der Waals surface area contributed by atoms with Crippen LogP contribution in [0.4, 0.5) is 24.8 Å². The molecule has 5 aliphatic rings. The molecule has 514 valence electrons. The minimum absolute atomic E-state index is 0.0236. The monoisotopic (exact) mass is 1350 g/mol. The predicted octanol–water partition coefficient (Wildman–Crippen LogP) is 11.7. The van der Waals surface area contributed by atoms with Crippen LogP contribution in [-0.4, -0.2) is 92.6 Å². The third-order valence-electron chi connectivity index (χ3n) is 15.9. The van der Waals surface area contributed by atoms with Gasteiger partial charge >= 0.3 is 21.6 Å². The number of ether oxygens (including phenoxy) is 5. The van der Waals surface area contributed by atoms with Gasteiger partial charge in [-0.05, 0) is 158 Å². The summed E-state index contributed by atoms with van der Waals surface area (Å²) in [6.07, 6.45) is 11.9. The molecule has 0 radical (unpaired) electrons. The van der Waals surface area contributed by atoms with Gasteiger partial charge < -0.3 is 70.4 Å². The van der Waals surface area contributed by atoms with E-state index in [-0.39, 0.29) is 48.4 Å². The highest BCUT2D eigenvalue weighted by Crippen LogP contribution is 2.38. The first-order chi connectivity index (χ1) is 45.9. The Morgan fingerprint density at radius 3 is 1.31 bits per heavy atom. The zero-order valence-corrected chi connectivity index (χ0v) is 54.8. The Balaban J connectivity index is 0.000000156. The largest absolute Gasteiger partial charge is 0.534 e. The number of carbonyl (C=O) groups is 3. The van der Waals surface area contributed by atoms with Gasteiger partial charge in [0.15, 0.2) is 6.29 Å². The van der Waals surface area contributed by atoms with Crippen LogP contribution in [0.15, 0.2) is 127 Å². The molecule has 7 aromatic rings. The van der Waals surface area contributed by atoms with E-state index in [1.807, 2.05) is 49.4 Å². The van der Waals surface area contributed by atoms with Gasteiger partial charge in [-0.3, -0.25) is 14.4 Å². The number of carboxylic acid groups (broad SMARTS) is 1. The lowest BCUT2D eigenvalue weighted by atomic mass is 10.0. The molecule has 5 unspecified atom stereocenters. The fourth-order valence-electron chi connectivity index (χ4n) is 11.4. The van der Waals surface area contributed by atoms with E-state index in [4.69, 9.17) is 50.5 Å². The van der Waals surface area contributed by atoms with E-state index < -0.39 is 27.9 Å². The van der Waals surface area contributed by atoms with E-state index in [2.05, 4.69) is 45.6 Å². The quantitative estimate of drug-likeness (QED) is 0.0200. The number of aliphatic hydroxyl groups is 2. The first kappa shape index (κ1) is 72.5. The number of aromatic hydroxyl groups is 1. The van der Waals surface area contributed by atoms with Crippen molar-refractivity contribution in [2.24, 2.45) is 0 Å². The van der Waals surface area contributed by atoms with Crippen molar-refractivity contribution in [3.63, 3.8) is 0 Å². The maximum absolute atomic E-state index is 12.3. The summed E-state index contributed by atoms with van der Waals surface area (Å²) >= 11 is 0. The molecule has 5 aromatic carbocycles. The van der Waals surface area contributed by atoms with Gasteiger partial charge in [0.2, 0.25) is 0 Å². The number of benzene rings is 5. The molecule has 0 fully saturated rings. The lowest BCUT2D eigenvalue weighted by molar-refractivity contribution is -0.137. The second-order valence-electron chi connectivity index (χ2n) is 23.7. The number of rotatable bonds is 20. The van der Waals surface area contributed by atoms with Crippen LogP contribution < -0.4 is 50.0 Å². The number of amides is 2. The van der Waals surface area contributed by atoms with E-state index in [1.54, 1.807) is 66.7 Å². The number of nitrogen functional groups attached to an aromatic ring is 2. The first-order valence-corrected chi connectivity index (χ1v) is 33.5. The maximum atomic E-state index is 12.3. The Hall–Kier alpha value is -9.33. The molecule has 0 bridgehead atoms. The number of phenols is 1. The van der Waals surface area contributed by atoms with E-state index in [0.29, 0.717) is 95.3 Å². The van der Waals surface area contributed by atoms with Crippen LogP contribution >= 0.6 is 0 Å². The zero-order valence-electron chi connectivity index (χ0n) is 54.0. The number of carbonyl (C=O) groups excluding carboxylic acids is 2. The van der Waals surface area contributed by atoms with Crippen LogP contribution in [0.5, 0.6) is 40.2 Å². The third-order valence-corrected chi connectivity index (χ3v) is 16.9. The van der Waals surface area contributed by atoms with Crippen molar-refractivity contribution in [1.29, 1.82) is 0 Å². The second kappa shape index (κ2) is 33.9. The van der Waals surface area contributed by atoms with Crippen molar-refractivity contribution in [2.75, 3.05) is 11.5 Å². The Morgan fingerprint density at radius 1 is 0.542 bits per heavy atom. The molecular formula is C71H83F3N6O15S. The van der Waals surface area contributed by atoms with Gasteiger partial charge in [-0.2, -0.15) is 21.6 Å². The van der Waals surface area contributed by atoms with E-state index in [0.717, 1.165) is 122 Å². The van der Waals surface area contributed by atoms with Gasteiger partial charge in [-0.25, -0.2) is 9.97 Å². The van der Waals surface area contributed by atoms with E-state index >= 15 is 0 Å². The van der Waals surface area contributed by atoms with Crippen molar-refractivity contribution < 1.29 is 84.3 Å². The number of pyridine rings is 2. The molecule has 10 N–H and O–H groups in total. The molecule has 7 heterocycles. The summed E-state index contributed by atoms with van der Waals surface area (Å²) in [6, 6.07) is 36.0. The number of nitrogens with one attached hydrogen (secondary N) is 2. The van der Waals surface area contributed by atoms with Gasteiger partial charge in [0.05, 0.1) is 24.5 Å². The number of carboxylic acids is 1. The Morgan fingerprint density at radius 2 is 0.917 bits per heavy atom. The molecule has 25 heteroatoms. The van der Waals surface area contributed by atoms with Gasteiger partial charge in [-0.1, -0.05) is 71.6 Å². The zero-order chi connectivity index (χ0) is 69.1. The fraction of sp³-hybridized carbons (Fsp3) is 0.394. The van der Waals surface area contributed by atoms with Gasteiger partial charge in [0.25, 0.3) is 11.8 Å². The average Bonchev–Trinajstić information content (AvgIpc) is 1.32. The number of aliphatic carboxylic acids is 1. The van der Waals surface area contributed by atoms with Crippen molar-refractivity contribution in [3.8, 4) is 40.2 Å². The lowest BCUT2D eigenvalue weighted by Gasteiger charge is -2.10. The van der Waals surface area contributed by atoms with Crippen LogP contribution in [0.3, 0.4) is 0 Å². The molecular weight excluding hydrogens is 1270 g/mol. The van der Waals surface area contributed by atoms with Crippen LogP contribution in [0, 0.1) is 0 Å². The Labute approximate surface area is 556 Å². The number of nitrogens with zero attached hydrogens (tertiary/aromatic N) is 2. The Bertz CT molecular complexity index is 3910. The molecule has 0 saturated carbocycles. The van der Waals surface area contributed by atoms with E-state index in [9.17, 15) is 41.1 Å². The number of hydrogen-bond donors (Lipinski definition) is 8. The molecule has 5 atom stereocenters. The summed E-state index contributed by atoms with van der Waals surface area (Å²) in [7, 11) is -5.63. The second-order valence-corrected chi connectivity index (χ2v) is 25.2. The number of hydrogen-bond acceptors (Lipinski definition) is 18. The highest BCUT2D eigenvalue weighted by atomic mass is 32.2. The van der Waals surface area contributed by atoms with Gasteiger partial charge in [0, 0.05) is 66.3 Å². The number of halogens is 3. The van der Waals surface area contributed by atoms with Crippen molar-refractivity contribution in [3.05, 3.63) is 183 Å². The number of anilines is 2. The minimum Gasteiger partial charge on any atom is -0.508 e. The number of fused-ring (bicyclic) bond motifs is 5. The molecule has 0 spiro atoms. The molecule has 0 saturated heterocycles.